The molecule has 1 fully saturated rings. The Morgan fingerprint density at radius 2 is 1.93 bits per heavy atom. The molecule has 0 aromatic heterocycles. The van der Waals surface area contributed by atoms with Crippen LogP contribution >= 0.6 is 0 Å². The van der Waals surface area contributed by atoms with Crippen molar-refractivity contribution in [1.82, 2.24) is 5.32 Å². The van der Waals surface area contributed by atoms with Crippen molar-refractivity contribution < 1.29 is 4.74 Å². The second kappa shape index (κ2) is 4.77. The van der Waals surface area contributed by atoms with Gasteiger partial charge in [-0.3, -0.25) is 0 Å². The van der Waals surface area contributed by atoms with Crippen LogP contribution in [0.3, 0.4) is 0 Å². The SMILES string of the molecule is COCCNCC1(C[Si](C)(C)C)CC1. The largest absolute Gasteiger partial charge is 0.383 e. The van der Waals surface area contributed by atoms with Crippen LogP contribution in [0.5, 0.6) is 0 Å². The van der Waals surface area contributed by atoms with E-state index in [1.807, 2.05) is 0 Å². The number of nitrogens with one attached hydrogen (secondary N) is 1. The van der Waals surface area contributed by atoms with Gasteiger partial charge in [-0.15, -0.1) is 0 Å². The predicted molar refractivity (Wildman–Crippen MR) is 64.6 cm³/mol. The average molecular weight is 215 g/mol. The van der Waals surface area contributed by atoms with Gasteiger partial charge in [0, 0.05) is 28.3 Å². The minimum Gasteiger partial charge on any atom is -0.383 e. The highest BCUT2D eigenvalue weighted by atomic mass is 28.3. The molecule has 0 aliphatic heterocycles. The Labute approximate surface area is 89.4 Å². The summed E-state index contributed by atoms with van der Waals surface area (Å²) in [6.07, 6.45) is 2.88. The van der Waals surface area contributed by atoms with Crippen molar-refractivity contribution in [3.63, 3.8) is 0 Å². The lowest BCUT2D eigenvalue weighted by Gasteiger charge is -2.24. The zero-order chi connectivity index (χ0) is 10.7. The van der Waals surface area contributed by atoms with Crippen molar-refractivity contribution in [2.45, 2.75) is 38.5 Å². The minimum absolute atomic E-state index is 0.679. The van der Waals surface area contributed by atoms with Crippen molar-refractivity contribution >= 4 is 8.07 Å². The fourth-order valence-corrected chi connectivity index (χ4v) is 4.97. The Hall–Kier alpha value is 0.137. The highest BCUT2D eigenvalue weighted by Crippen LogP contribution is 2.51. The monoisotopic (exact) mass is 215 g/mol. The Balaban J connectivity index is 2.16. The van der Waals surface area contributed by atoms with Crippen LogP contribution in [-0.4, -0.2) is 34.9 Å². The van der Waals surface area contributed by atoms with Gasteiger partial charge >= 0.3 is 0 Å². The molecule has 0 spiro atoms. The van der Waals surface area contributed by atoms with Crippen molar-refractivity contribution in [1.29, 1.82) is 0 Å². The standard InChI is InChI=1S/C11H25NOSi/c1-13-8-7-12-9-11(5-6-11)10-14(2,3)4/h12H,5-10H2,1-4H3. The number of ether oxygens (including phenoxy) is 1. The van der Waals surface area contributed by atoms with E-state index in [0.29, 0.717) is 5.41 Å². The maximum absolute atomic E-state index is 5.02. The normalized spacial score (nSPS) is 19.7. The second-order valence-electron chi connectivity index (χ2n) is 5.91. The average Bonchev–Trinajstić information content (AvgIpc) is 2.76. The Morgan fingerprint density at radius 1 is 1.29 bits per heavy atom. The van der Waals surface area contributed by atoms with Crippen LogP contribution < -0.4 is 5.32 Å². The van der Waals surface area contributed by atoms with E-state index in [2.05, 4.69) is 25.0 Å². The minimum atomic E-state index is -0.870. The molecule has 0 bridgehead atoms. The molecule has 0 unspecified atom stereocenters. The van der Waals surface area contributed by atoms with Crippen molar-refractivity contribution in [3.05, 3.63) is 0 Å². The summed E-state index contributed by atoms with van der Waals surface area (Å²) in [5, 5.41) is 3.51. The molecule has 14 heavy (non-hydrogen) atoms. The maximum Gasteiger partial charge on any atom is 0.0587 e. The van der Waals surface area contributed by atoms with Crippen LogP contribution in [0.1, 0.15) is 12.8 Å². The number of hydrogen-bond donors (Lipinski definition) is 1. The van der Waals surface area contributed by atoms with Gasteiger partial charge in [-0.1, -0.05) is 25.7 Å². The van der Waals surface area contributed by atoms with Gasteiger partial charge in [-0.05, 0) is 18.3 Å². The topological polar surface area (TPSA) is 21.3 Å². The third-order valence-corrected chi connectivity index (χ3v) is 4.66. The van der Waals surface area contributed by atoms with E-state index in [9.17, 15) is 0 Å². The van der Waals surface area contributed by atoms with Crippen LogP contribution in [0.2, 0.25) is 25.7 Å². The van der Waals surface area contributed by atoms with Crippen LogP contribution in [-0.2, 0) is 4.74 Å². The molecule has 1 rings (SSSR count). The van der Waals surface area contributed by atoms with E-state index in [1.165, 1.54) is 25.4 Å². The van der Waals surface area contributed by atoms with E-state index in [-0.39, 0.29) is 0 Å². The first kappa shape index (κ1) is 12.2. The number of methoxy groups -OCH3 is 1. The number of hydrogen-bond acceptors (Lipinski definition) is 2. The molecule has 0 saturated heterocycles. The molecule has 0 radical (unpaired) electrons. The van der Waals surface area contributed by atoms with Gasteiger partial charge in [0.25, 0.3) is 0 Å². The van der Waals surface area contributed by atoms with E-state index in [1.54, 1.807) is 7.11 Å². The first-order valence-electron chi connectivity index (χ1n) is 5.67. The quantitative estimate of drug-likeness (QED) is 0.520. The Kier molecular flexibility index (Phi) is 4.16. The molecule has 1 N–H and O–H groups in total. The van der Waals surface area contributed by atoms with Gasteiger partial charge in [0.15, 0.2) is 0 Å². The maximum atomic E-state index is 5.02. The molecule has 0 atom stereocenters. The molecule has 0 heterocycles. The summed E-state index contributed by atoms with van der Waals surface area (Å²) in [6.45, 7) is 10.5. The molecular formula is C11H25NOSi. The fraction of sp³-hybridized carbons (Fsp3) is 1.00. The fourth-order valence-electron chi connectivity index (χ4n) is 2.25. The molecule has 1 saturated carbocycles. The first-order chi connectivity index (χ1) is 6.47. The predicted octanol–water partition coefficient (Wildman–Crippen LogP) is 2.34. The van der Waals surface area contributed by atoms with Gasteiger partial charge in [-0.2, -0.15) is 0 Å². The Morgan fingerprint density at radius 3 is 2.36 bits per heavy atom. The zero-order valence-electron chi connectivity index (χ0n) is 10.2. The van der Waals surface area contributed by atoms with Gasteiger partial charge < -0.3 is 10.1 Å². The molecule has 3 heteroatoms. The van der Waals surface area contributed by atoms with Gasteiger partial charge in [0.05, 0.1) is 6.61 Å². The zero-order valence-corrected chi connectivity index (χ0v) is 11.2. The highest BCUT2D eigenvalue weighted by Gasteiger charge is 2.44. The van der Waals surface area contributed by atoms with Crippen LogP contribution in [0.25, 0.3) is 0 Å². The lowest BCUT2D eigenvalue weighted by Crippen LogP contribution is -2.33. The summed E-state index contributed by atoms with van der Waals surface area (Å²) in [4.78, 5) is 0. The summed E-state index contributed by atoms with van der Waals surface area (Å²) < 4.78 is 5.02. The summed E-state index contributed by atoms with van der Waals surface area (Å²) in [7, 11) is 0.891. The second-order valence-corrected chi connectivity index (χ2v) is 11.4. The first-order valence-corrected chi connectivity index (χ1v) is 9.38. The molecule has 84 valence electrons. The highest BCUT2D eigenvalue weighted by molar-refractivity contribution is 6.76. The Bertz CT molecular complexity index is 173. The summed E-state index contributed by atoms with van der Waals surface area (Å²) in [5.74, 6) is 0. The van der Waals surface area contributed by atoms with Gasteiger partial charge in [0.2, 0.25) is 0 Å². The van der Waals surface area contributed by atoms with Crippen molar-refractivity contribution in [3.8, 4) is 0 Å². The molecule has 1 aliphatic carbocycles. The molecule has 0 amide bonds. The van der Waals surface area contributed by atoms with Crippen LogP contribution in [0.4, 0.5) is 0 Å². The van der Waals surface area contributed by atoms with E-state index in [4.69, 9.17) is 4.74 Å². The molecule has 0 aromatic carbocycles. The van der Waals surface area contributed by atoms with E-state index >= 15 is 0 Å². The van der Waals surface area contributed by atoms with Gasteiger partial charge in [-0.25, -0.2) is 0 Å². The van der Waals surface area contributed by atoms with Crippen LogP contribution in [0, 0.1) is 5.41 Å². The number of rotatable bonds is 7. The summed E-state index contributed by atoms with van der Waals surface area (Å²) >= 11 is 0. The third-order valence-electron chi connectivity index (χ3n) is 2.85. The molecule has 0 aromatic rings. The molecular weight excluding hydrogens is 190 g/mol. The molecule has 2 nitrogen and oxygen atoms in total. The lowest BCUT2D eigenvalue weighted by molar-refractivity contribution is 0.197. The summed E-state index contributed by atoms with van der Waals surface area (Å²) in [5.41, 5.74) is 0.679. The van der Waals surface area contributed by atoms with Gasteiger partial charge in [0.1, 0.15) is 0 Å². The molecule has 1 aliphatic rings. The lowest BCUT2D eigenvalue weighted by atomic mass is 10.1. The van der Waals surface area contributed by atoms with Crippen LogP contribution in [0.15, 0.2) is 0 Å². The van der Waals surface area contributed by atoms with E-state index in [0.717, 1.165) is 13.2 Å². The van der Waals surface area contributed by atoms with Crippen molar-refractivity contribution in [2.75, 3.05) is 26.8 Å². The van der Waals surface area contributed by atoms with Crippen molar-refractivity contribution in [2.24, 2.45) is 5.41 Å². The third kappa shape index (κ3) is 4.58. The van der Waals surface area contributed by atoms with E-state index < -0.39 is 8.07 Å². The smallest absolute Gasteiger partial charge is 0.0587 e. The summed E-state index contributed by atoms with van der Waals surface area (Å²) in [6, 6.07) is 1.49.